The number of halogens is 1. The number of rotatable bonds is 4. The number of carbonyl (C=O) groups excluding carboxylic acids is 1. The smallest absolute Gasteiger partial charge is 0.231 e. The molecular weight excluding hydrogens is 334 g/mol. The Hall–Kier alpha value is 0.0900. The van der Waals surface area contributed by atoms with E-state index in [-0.39, 0.29) is 18.4 Å². The molecule has 0 spiro atoms. The van der Waals surface area contributed by atoms with Crippen LogP contribution in [-0.4, -0.2) is 38.1 Å². The van der Waals surface area contributed by atoms with Crippen LogP contribution in [0.1, 0.15) is 27.2 Å². The van der Waals surface area contributed by atoms with Gasteiger partial charge in [0, 0.05) is 11.8 Å². The van der Waals surface area contributed by atoms with Crippen molar-refractivity contribution in [3.63, 3.8) is 0 Å². The highest BCUT2D eigenvalue weighted by molar-refractivity contribution is 9.11. The average molecular weight is 352 g/mol. The van der Waals surface area contributed by atoms with Gasteiger partial charge in [-0.2, -0.15) is 0 Å². The van der Waals surface area contributed by atoms with Crippen LogP contribution in [0.2, 0.25) is 0 Å². The minimum atomic E-state index is -0.766. The van der Waals surface area contributed by atoms with Gasteiger partial charge in [-0.25, -0.2) is 0 Å². The van der Waals surface area contributed by atoms with Gasteiger partial charge in [0.2, 0.25) is 5.91 Å². The van der Waals surface area contributed by atoms with Crippen molar-refractivity contribution >= 4 is 50.1 Å². The summed E-state index contributed by atoms with van der Waals surface area (Å²) in [6.07, 6.45) is 0.930. The van der Waals surface area contributed by atoms with E-state index in [1.807, 2.05) is 6.92 Å². The molecular formula is C12H18BrNO2S2. The Morgan fingerprint density at radius 1 is 1.72 bits per heavy atom. The van der Waals surface area contributed by atoms with E-state index in [0.29, 0.717) is 10.2 Å². The third-order valence-corrected chi connectivity index (χ3v) is 4.52. The molecule has 0 bridgehead atoms. The fourth-order valence-electron chi connectivity index (χ4n) is 1.81. The maximum atomic E-state index is 12.2. The molecule has 1 aliphatic heterocycles. The van der Waals surface area contributed by atoms with Crippen molar-refractivity contribution in [2.45, 2.75) is 39.3 Å². The largest absolute Gasteiger partial charge is 0.388 e. The van der Waals surface area contributed by atoms with Gasteiger partial charge in [-0.05, 0) is 23.4 Å². The number of thiocarbonyl (C=S) groups is 1. The lowest BCUT2D eigenvalue weighted by molar-refractivity contribution is -0.130. The molecule has 0 aromatic rings. The molecule has 0 unspecified atom stereocenters. The number of carbonyl (C=O) groups is 1. The van der Waals surface area contributed by atoms with Crippen molar-refractivity contribution in [1.29, 1.82) is 0 Å². The molecule has 1 aliphatic rings. The first-order chi connectivity index (χ1) is 8.32. The monoisotopic (exact) mass is 351 g/mol. The Labute approximate surface area is 126 Å². The van der Waals surface area contributed by atoms with E-state index in [0.717, 1.165) is 10.2 Å². The maximum absolute atomic E-state index is 12.2. The summed E-state index contributed by atoms with van der Waals surface area (Å²) in [4.78, 5) is 13.9. The number of aliphatic hydroxyl groups excluding tert-OH is 1. The van der Waals surface area contributed by atoms with Crippen molar-refractivity contribution in [3.05, 3.63) is 10.6 Å². The Balaban J connectivity index is 2.70. The second kappa shape index (κ2) is 7.03. The molecule has 1 saturated heterocycles. The highest BCUT2D eigenvalue weighted by Crippen LogP contribution is 2.29. The topological polar surface area (TPSA) is 40.5 Å². The fraction of sp³-hybridized carbons (Fsp3) is 0.667. The molecule has 6 heteroatoms. The third kappa shape index (κ3) is 4.33. The van der Waals surface area contributed by atoms with Crippen LogP contribution in [0.5, 0.6) is 0 Å². The van der Waals surface area contributed by atoms with Crippen LogP contribution in [0, 0.1) is 5.92 Å². The van der Waals surface area contributed by atoms with E-state index in [1.165, 1.54) is 0 Å². The number of hydrogen-bond acceptors (Lipinski definition) is 4. The predicted molar refractivity (Wildman–Crippen MR) is 83.8 cm³/mol. The number of nitrogens with zero attached hydrogens (tertiary/aromatic N) is 1. The quantitative estimate of drug-likeness (QED) is 0.790. The number of aliphatic hydroxyl groups is 1. The fourth-order valence-corrected chi connectivity index (χ4v) is 3.78. The van der Waals surface area contributed by atoms with Gasteiger partial charge < -0.3 is 5.11 Å². The first kappa shape index (κ1) is 16.1. The molecule has 0 aromatic heterocycles. The first-order valence-electron chi connectivity index (χ1n) is 5.83. The molecule has 0 aliphatic carbocycles. The lowest BCUT2D eigenvalue weighted by Crippen LogP contribution is -2.42. The van der Waals surface area contributed by atoms with E-state index in [1.54, 1.807) is 22.7 Å². The van der Waals surface area contributed by atoms with Gasteiger partial charge >= 0.3 is 0 Å². The second-order valence-corrected chi connectivity index (χ2v) is 7.58. The number of thioether (sulfide) groups is 1. The summed E-state index contributed by atoms with van der Waals surface area (Å²) in [5.74, 6) is 1.12. The molecule has 0 radical (unpaired) electrons. The van der Waals surface area contributed by atoms with Crippen LogP contribution in [0.3, 0.4) is 0 Å². The molecule has 1 heterocycles. The van der Waals surface area contributed by atoms with Crippen molar-refractivity contribution in [3.8, 4) is 0 Å². The molecule has 18 heavy (non-hydrogen) atoms. The van der Waals surface area contributed by atoms with E-state index < -0.39 is 6.10 Å². The number of allylic oxidation sites excluding steroid dienone is 1. The predicted octanol–water partition coefficient (Wildman–Crippen LogP) is 2.92. The van der Waals surface area contributed by atoms with Crippen molar-refractivity contribution in [2.24, 2.45) is 5.92 Å². The SMILES string of the molecule is C/C(Br)=C\[C@@H](O)CC(=O)N1C(=S)SC[C@H]1C(C)C. The number of hydrogen-bond donors (Lipinski definition) is 1. The Kier molecular flexibility index (Phi) is 6.30. The minimum Gasteiger partial charge on any atom is -0.388 e. The lowest BCUT2D eigenvalue weighted by Gasteiger charge is -2.27. The summed E-state index contributed by atoms with van der Waals surface area (Å²) in [5, 5.41) is 9.76. The van der Waals surface area contributed by atoms with Crippen LogP contribution in [0.25, 0.3) is 0 Å². The summed E-state index contributed by atoms with van der Waals surface area (Å²) < 4.78 is 1.45. The Morgan fingerprint density at radius 2 is 2.33 bits per heavy atom. The van der Waals surface area contributed by atoms with E-state index in [2.05, 4.69) is 29.8 Å². The Bertz CT molecular complexity index is 367. The first-order valence-corrected chi connectivity index (χ1v) is 8.02. The molecule has 2 atom stereocenters. The van der Waals surface area contributed by atoms with Crippen molar-refractivity contribution in [2.75, 3.05) is 5.75 Å². The van der Waals surface area contributed by atoms with E-state index in [4.69, 9.17) is 12.2 Å². The lowest BCUT2D eigenvalue weighted by atomic mass is 10.0. The Morgan fingerprint density at radius 3 is 2.83 bits per heavy atom. The summed E-state index contributed by atoms with van der Waals surface area (Å²) in [5.41, 5.74) is 0. The maximum Gasteiger partial charge on any atom is 0.231 e. The third-order valence-electron chi connectivity index (χ3n) is 2.75. The minimum absolute atomic E-state index is 0.0762. The highest BCUT2D eigenvalue weighted by atomic mass is 79.9. The van der Waals surface area contributed by atoms with E-state index >= 15 is 0 Å². The zero-order chi connectivity index (χ0) is 13.9. The van der Waals surface area contributed by atoms with Gasteiger partial charge in [0.15, 0.2) is 0 Å². The standard InChI is InChI=1S/C12H18BrNO2S2/c1-7(2)10-6-18-12(17)14(10)11(16)5-9(15)4-8(3)13/h4,7,9-10,15H,5-6H2,1-3H3/b8-4+/t9-,10+/m1/s1. The molecule has 1 N–H and O–H groups in total. The van der Waals surface area contributed by atoms with Crippen LogP contribution < -0.4 is 0 Å². The molecule has 1 amide bonds. The normalized spacial score (nSPS) is 22.8. The van der Waals surface area contributed by atoms with Crippen molar-refractivity contribution in [1.82, 2.24) is 4.90 Å². The highest BCUT2D eigenvalue weighted by Gasteiger charge is 2.35. The van der Waals surface area contributed by atoms with Crippen molar-refractivity contribution < 1.29 is 9.90 Å². The zero-order valence-electron chi connectivity index (χ0n) is 10.7. The molecule has 1 fully saturated rings. The van der Waals surface area contributed by atoms with Gasteiger partial charge in [-0.1, -0.05) is 53.8 Å². The average Bonchev–Trinajstić information content (AvgIpc) is 2.58. The molecule has 102 valence electrons. The molecule has 0 aromatic carbocycles. The number of amides is 1. The summed E-state index contributed by atoms with van der Waals surface area (Å²) in [6.45, 7) is 5.98. The van der Waals surface area contributed by atoms with Gasteiger partial charge in [-0.3, -0.25) is 9.69 Å². The summed E-state index contributed by atoms with van der Waals surface area (Å²) >= 11 is 10.00. The van der Waals surface area contributed by atoms with Crippen LogP contribution in [0.15, 0.2) is 10.6 Å². The van der Waals surface area contributed by atoms with Gasteiger partial charge in [0.05, 0.1) is 12.5 Å². The molecule has 0 saturated carbocycles. The van der Waals surface area contributed by atoms with Crippen LogP contribution in [0.4, 0.5) is 0 Å². The summed E-state index contributed by atoms with van der Waals surface area (Å²) in [7, 11) is 0. The van der Waals surface area contributed by atoms with E-state index in [9.17, 15) is 9.90 Å². The van der Waals surface area contributed by atoms with Crippen LogP contribution >= 0.6 is 39.9 Å². The summed E-state index contributed by atoms with van der Waals surface area (Å²) in [6, 6.07) is 0.149. The molecule has 3 nitrogen and oxygen atoms in total. The van der Waals surface area contributed by atoms with Gasteiger partial charge in [0.25, 0.3) is 0 Å². The zero-order valence-corrected chi connectivity index (χ0v) is 13.9. The van der Waals surface area contributed by atoms with Gasteiger partial charge in [-0.15, -0.1) is 0 Å². The second-order valence-electron chi connectivity index (χ2n) is 4.68. The van der Waals surface area contributed by atoms with Gasteiger partial charge in [0.1, 0.15) is 4.32 Å². The molecule has 1 rings (SSSR count). The van der Waals surface area contributed by atoms with Crippen LogP contribution in [-0.2, 0) is 4.79 Å².